The predicted octanol–water partition coefficient (Wildman–Crippen LogP) is 3.54. The van der Waals surface area contributed by atoms with E-state index in [1.165, 1.54) is 12.8 Å². The maximum absolute atomic E-state index is 9.42. The number of nitriles is 1. The van der Waals surface area contributed by atoms with Crippen LogP contribution >= 0.6 is 15.9 Å². The summed E-state index contributed by atoms with van der Waals surface area (Å²) in [5.74, 6) is 0.664. The quantitative estimate of drug-likeness (QED) is 0.914. The topological polar surface area (TPSA) is 39.1 Å². The maximum Gasteiger partial charge on any atom is 0.103 e. The van der Waals surface area contributed by atoms with Crippen LogP contribution in [0.5, 0.6) is 0 Å². The van der Waals surface area contributed by atoms with E-state index in [0.29, 0.717) is 12.0 Å². The Kier molecular flexibility index (Phi) is 5.45. The van der Waals surface area contributed by atoms with Gasteiger partial charge in [-0.05, 0) is 73.8 Å². The molecule has 108 valence electrons. The number of anilines is 1. The lowest BCUT2D eigenvalue weighted by Crippen LogP contribution is -2.41. The lowest BCUT2D eigenvalue weighted by atomic mass is 9.97. The fraction of sp³-hybridized carbons (Fsp3) is 0.562. The number of rotatable bonds is 4. The highest BCUT2D eigenvalue weighted by molar-refractivity contribution is 9.10. The van der Waals surface area contributed by atoms with E-state index < -0.39 is 0 Å². The molecule has 1 aliphatic heterocycles. The van der Waals surface area contributed by atoms with Crippen molar-refractivity contribution in [1.82, 2.24) is 5.32 Å². The summed E-state index contributed by atoms with van der Waals surface area (Å²) < 4.78 is 0.880. The van der Waals surface area contributed by atoms with Crippen LogP contribution in [0.1, 0.15) is 32.3 Å². The number of halogens is 1. The number of nitrogens with one attached hydrogen (secondary N) is 1. The van der Waals surface area contributed by atoms with Crippen molar-refractivity contribution in [1.29, 1.82) is 5.26 Å². The van der Waals surface area contributed by atoms with E-state index in [4.69, 9.17) is 0 Å². The molecule has 0 bridgehead atoms. The van der Waals surface area contributed by atoms with Gasteiger partial charge in [0.1, 0.15) is 6.07 Å². The Morgan fingerprint density at radius 2 is 2.30 bits per heavy atom. The summed E-state index contributed by atoms with van der Waals surface area (Å²) in [5.41, 5.74) is 1.78. The van der Waals surface area contributed by atoms with Crippen molar-refractivity contribution in [2.24, 2.45) is 5.92 Å². The van der Waals surface area contributed by atoms with Crippen LogP contribution in [0.3, 0.4) is 0 Å². The summed E-state index contributed by atoms with van der Waals surface area (Å²) in [5, 5.41) is 12.9. The van der Waals surface area contributed by atoms with Crippen LogP contribution in [0.25, 0.3) is 0 Å². The monoisotopic (exact) mass is 335 g/mol. The molecule has 1 aromatic rings. The van der Waals surface area contributed by atoms with Gasteiger partial charge < -0.3 is 10.2 Å². The second-order valence-corrected chi connectivity index (χ2v) is 6.56. The molecular formula is C16H22BrN3. The Bertz CT molecular complexity index is 487. The van der Waals surface area contributed by atoms with Crippen molar-refractivity contribution in [3.8, 4) is 6.07 Å². The van der Waals surface area contributed by atoms with Gasteiger partial charge in [-0.2, -0.15) is 5.26 Å². The molecule has 4 heteroatoms. The molecule has 1 heterocycles. The third-order valence-corrected chi connectivity index (χ3v) is 4.55. The van der Waals surface area contributed by atoms with Crippen molar-refractivity contribution in [3.05, 3.63) is 28.2 Å². The Hall–Kier alpha value is -1.05. The zero-order valence-electron chi connectivity index (χ0n) is 12.2. The van der Waals surface area contributed by atoms with E-state index in [2.05, 4.69) is 52.1 Å². The van der Waals surface area contributed by atoms with Gasteiger partial charge in [0.15, 0.2) is 0 Å². The van der Waals surface area contributed by atoms with Crippen LogP contribution in [-0.2, 0) is 0 Å². The molecule has 0 aliphatic carbocycles. The van der Waals surface area contributed by atoms with Crippen molar-refractivity contribution in [2.45, 2.75) is 32.7 Å². The molecule has 0 amide bonds. The van der Waals surface area contributed by atoms with Gasteiger partial charge in [-0.3, -0.25) is 0 Å². The fourth-order valence-corrected chi connectivity index (χ4v) is 3.25. The first-order valence-electron chi connectivity index (χ1n) is 7.29. The molecule has 0 radical (unpaired) electrons. The van der Waals surface area contributed by atoms with Crippen LogP contribution in [0, 0.1) is 17.2 Å². The third-order valence-electron chi connectivity index (χ3n) is 3.89. The largest absolute Gasteiger partial charge is 0.368 e. The van der Waals surface area contributed by atoms with E-state index >= 15 is 0 Å². The Labute approximate surface area is 130 Å². The van der Waals surface area contributed by atoms with Crippen LogP contribution in [0.2, 0.25) is 0 Å². The van der Waals surface area contributed by atoms with Crippen molar-refractivity contribution in [2.75, 3.05) is 24.5 Å². The summed E-state index contributed by atoms with van der Waals surface area (Å²) in [6.07, 6.45) is 2.52. The van der Waals surface area contributed by atoms with Gasteiger partial charge in [0.25, 0.3) is 0 Å². The van der Waals surface area contributed by atoms with E-state index in [0.717, 1.165) is 35.4 Å². The highest BCUT2D eigenvalue weighted by Crippen LogP contribution is 2.29. The summed E-state index contributed by atoms with van der Waals surface area (Å²) in [4.78, 5) is 2.36. The lowest BCUT2D eigenvalue weighted by Gasteiger charge is -2.35. The molecule has 1 N–H and O–H groups in total. The van der Waals surface area contributed by atoms with Gasteiger partial charge in [0.05, 0.1) is 11.3 Å². The number of hydrogen-bond acceptors (Lipinski definition) is 3. The minimum absolute atomic E-state index is 0.387. The zero-order valence-corrected chi connectivity index (χ0v) is 13.8. The molecule has 1 unspecified atom stereocenters. The molecule has 1 saturated heterocycles. The van der Waals surface area contributed by atoms with E-state index in [-0.39, 0.29) is 0 Å². The molecule has 0 spiro atoms. The van der Waals surface area contributed by atoms with E-state index in [9.17, 15) is 5.26 Å². The molecule has 1 aromatic carbocycles. The zero-order chi connectivity index (χ0) is 14.5. The molecule has 0 aromatic heterocycles. The first-order chi connectivity index (χ1) is 9.63. The van der Waals surface area contributed by atoms with Crippen molar-refractivity contribution in [3.63, 3.8) is 0 Å². The highest BCUT2D eigenvalue weighted by atomic mass is 79.9. The Balaban J connectivity index is 2.24. The van der Waals surface area contributed by atoms with Gasteiger partial charge >= 0.3 is 0 Å². The van der Waals surface area contributed by atoms with Crippen molar-refractivity contribution >= 4 is 21.6 Å². The lowest BCUT2D eigenvalue weighted by molar-refractivity contribution is 0.371. The van der Waals surface area contributed by atoms with Gasteiger partial charge in [0.2, 0.25) is 0 Å². The maximum atomic E-state index is 9.42. The van der Waals surface area contributed by atoms with Crippen LogP contribution in [-0.4, -0.2) is 25.7 Å². The van der Waals surface area contributed by atoms with Crippen LogP contribution < -0.4 is 10.2 Å². The Morgan fingerprint density at radius 3 is 2.90 bits per heavy atom. The average Bonchev–Trinajstić information content (AvgIpc) is 2.45. The van der Waals surface area contributed by atoms with Gasteiger partial charge in [-0.15, -0.1) is 0 Å². The minimum Gasteiger partial charge on any atom is -0.368 e. The SMILES string of the molecule is CC(C)N(CC1CCCNC1)c1cccc(Br)c1C#N. The average molecular weight is 336 g/mol. The van der Waals surface area contributed by atoms with Gasteiger partial charge in [-0.25, -0.2) is 0 Å². The summed E-state index contributed by atoms with van der Waals surface area (Å²) in [7, 11) is 0. The van der Waals surface area contributed by atoms with Gasteiger partial charge in [0, 0.05) is 17.1 Å². The smallest absolute Gasteiger partial charge is 0.103 e. The predicted molar refractivity (Wildman–Crippen MR) is 86.9 cm³/mol. The molecule has 1 fully saturated rings. The summed E-state index contributed by atoms with van der Waals surface area (Å²) in [6, 6.07) is 8.72. The molecule has 0 saturated carbocycles. The molecule has 1 atom stereocenters. The molecular weight excluding hydrogens is 314 g/mol. The Morgan fingerprint density at radius 1 is 1.50 bits per heavy atom. The first-order valence-corrected chi connectivity index (χ1v) is 8.08. The first kappa shape index (κ1) is 15.3. The second-order valence-electron chi connectivity index (χ2n) is 5.70. The number of nitrogens with zero attached hydrogens (tertiary/aromatic N) is 2. The van der Waals surface area contributed by atoms with Crippen molar-refractivity contribution < 1.29 is 0 Å². The molecule has 20 heavy (non-hydrogen) atoms. The fourth-order valence-electron chi connectivity index (χ4n) is 2.81. The van der Waals surface area contributed by atoms with Crippen LogP contribution in [0.15, 0.2) is 22.7 Å². The second kappa shape index (κ2) is 7.10. The molecule has 1 aliphatic rings. The summed E-state index contributed by atoms with van der Waals surface area (Å²) >= 11 is 3.49. The summed E-state index contributed by atoms with van der Waals surface area (Å²) in [6.45, 7) is 7.62. The number of benzene rings is 1. The number of piperidine rings is 1. The number of hydrogen-bond donors (Lipinski definition) is 1. The third kappa shape index (κ3) is 3.53. The van der Waals surface area contributed by atoms with E-state index in [1.54, 1.807) is 0 Å². The standard InChI is InChI=1S/C16H22BrN3/c1-12(2)20(11-13-5-4-8-19-10-13)16-7-3-6-15(17)14(16)9-18/h3,6-7,12-13,19H,4-5,8,10-11H2,1-2H3. The minimum atomic E-state index is 0.387. The normalized spacial score (nSPS) is 18.9. The van der Waals surface area contributed by atoms with Gasteiger partial charge in [-0.1, -0.05) is 6.07 Å². The van der Waals surface area contributed by atoms with E-state index in [1.807, 2.05) is 12.1 Å². The highest BCUT2D eigenvalue weighted by Gasteiger charge is 2.21. The molecule has 3 nitrogen and oxygen atoms in total. The molecule has 2 rings (SSSR count). The van der Waals surface area contributed by atoms with Crippen LogP contribution in [0.4, 0.5) is 5.69 Å².